The number of hydrogen-bond donors (Lipinski definition) is 1. The Hall–Kier alpha value is -2.01. The first-order chi connectivity index (χ1) is 14.7. The first kappa shape index (κ1) is 26.2. The number of rotatable bonds is 8. The Morgan fingerprint density at radius 2 is 1.94 bits per heavy atom. The highest BCUT2D eigenvalue weighted by Gasteiger charge is 2.29. The van der Waals surface area contributed by atoms with E-state index in [1.165, 1.54) is 30.6 Å². The summed E-state index contributed by atoms with van der Waals surface area (Å²) in [6, 6.07) is 4.60. The van der Waals surface area contributed by atoms with Gasteiger partial charge in [0.25, 0.3) is 0 Å². The van der Waals surface area contributed by atoms with Gasteiger partial charge in [-0.1, -0.05) is 6.92 Å². The molecule has 0 saturated heterocycles. The van der Waals surface area contributed by atoms with Crippen LogP contribution in [0, 0.1) is 5.82 Å². The molecule has 1 amide bonds. The number of benzene rings is 1. The minimum Gasteiger partial charge on any atom is -0.465 e. The number of thiophene rings is 1. The second kappa shape index (κ2) is 11.2. The van der Waals surface area contributed by atoms with E-state index in [9.17, 15) is 22.4 Å². The number of carbonyl (C=O) groups is 2. The number of carbonyl (C=O) groups excluding carboxylic acids is 2. The van der Waals surface area contributed by atoms with Crippen molar-refractivity contribution in [3.05, 3.63) is 46.1 Å². The monoisotopic (exact) mass is 504 g/mol. The zero-order chi connectivity index (χ0) is 22.6. The molecule has 2 aromatic rings. The normalized spacial score (nSPS) is 13.7. The number of likely N-dealkylation sites (N-methyl/N-ethyl adjacent to an activating group) is 1. The molecule has 11 heteroatoms. The number of fused-ring (bicyclic) bond motifs is 1. The molecule has 0 bridgehead atoms. The molecule has 0 atom stereocenters. The summed E-state index contributed by atoms with van der Waals surface area (Å²) in [6.07, 6.45) is 0.786. The first-order valence-corrected chi connectivity index (χ1v) is 12.5. The van der Waals surface area contributed by atoms with E-state index >= 15 is 0 Å². The van der Waals surface area contributed by atoms with Crippen LogP contribution in [0.15, 0.2) is 29.2 Å². The Morgan fingerprint density at radius 3 is 2.56 bits per heavy atom. The van der Waals surface area contributed by atoms with Crippen LogP contribution in [0.5, 0.6) is 0 Å². The molecular weight excluding hydrogens is 479 g/mol. The molecule has 0 fully saturated rings. The van der Waals surface area contributed by atoms with Crippen molar-refractivity contribution in [1.29, 1.82) is 0 Å². The summed E-state index contributed by atoms with van der Waals surface area (Å²) < 4.78 is 42.6. The van der Waals surface area contributed by atoms with E-state index in [2.05, 4.69) is 17.1 Å². The molecule has 1 N–H and O–H groups in total. The van der Waals surface area contributed by atoms with Gasteiger partial charge in [-0.05, 0) is 49.2 Å². The summed E-state index contributed by atoms with van der Waals surface area (Å²) >= 11 is 1.36. The van der Waals surface area contributed by atoms with Crippen molar-refractivity contribution in [2.75, 3.05) is 31.3 Å². The number of ether oxygens (including phenoxy) is 1. The number of nitrogens with one attached hydrogen (secondary N) is 1. The van der Waals surface area contributed by atoms with Crippen LogP contribution in [0.1, 0.15) is 40.6 Å². The van der Waals surface area contributed by atoms with Crippen molar-refractivity contribution in [3.63, 3.8) is 0 Å². The Bertz CT molecular complexity index is 1070. The van der Waals surface area contributed by atoms with Crippen molar-refractivity contribution in [1.82, 2.24) is 4.90 Å². The fraction of sp³-hybridized carbons (Fsp3) is 0.429. The Morgan fingerprint density at radius 1 is 1.25 bits per heavy atom. The third kappa shape index (κ3) is 6.06. The van der Waals surface area contributed by atoms with Crippen molar-refractivity contribution in [2.24, 2.45) is 0 Å². The third-order valence-corrected chi connectivity index (χ3v) is 8.16. The number of anilines is 1. The maximum atomic E-state index is 13.0. The minimum absolute atomic E-state index is 0. The van der Waals surface area contributed by atoms with E-state index in [0.717, 1.165) is 35.7 Å². The van der Waals surface area contributed by atoms with Gasteiger partial charge in [-0.3, -0.25) is 9.69 Å². The molecule has 3 rings (SSSR count). The predicted octanol–water partition coefficient (Wildman–Crippen LogP) is 3.67. The van der Waals surface area contributed by atoms with Gasteiger partial charge in [0.15, 0.2) is 9.84 Å². The number of sulfone groups is 1. The van der Waals surface area contributed by atoms with E-state index in [0.29, 0.717) is 23.5 Å². The smallest absolute Gasteiger partial charge is 0.341 e. The highest BCUT2D eigenvalue weighted by atomic mass is 35.5. The fourth-order valence-electron chi connectivity index (χ4n) is 3.50. The van der Waals surface area contributed by atoms with Gasteiger partial charge in [0.1, 0.15) is 10.8 Å². The molecule has 1 aliphatic rings. The van der Waals surface area contributed by atoms with E-state index in [-0.39, 0.29) is 41.8 Å². The predicted molar refractivity (Wildman–Crippen MR) is 124 cm³/mol. The van der Waals surface area contributed by atoms with Crippen LogP contribution in [-0.2, 0) is 32.3 Å². The Balaban J connectivity index is 0.00000363. The number of hydrogen-bond acceptors (Lipinski definition) is 7. The summed E-state index contributed by atoms with van der Waals surface area (Å²) in [4.78, 5) is 28.1. The second-order valence-corrected chi connectivity index (χ2v) is 10.5. The van der Waals surface area contributed by atoms with Gasteiger partial charge in [0.05, 0.1) is 23.3 Å². The Labute approximate surface area is 197 Å². The topological polar surface area (TPSA) is 92.8 Å². The van der Waals surface area contributed by atoms with Crippen molar-refractivity contribution in [2.45, 2.75) is 37.6 Å². The first-order valence-electron chi connectivity index (χ1n) is 9.98. The molecule has 0 saturated carbocycles. The number of amides is 1. The summed E-state index contributed by atoms with van der Waals surface area (Å²) in [5, 5.41) is 3.21. The maximum absolute atomic E-state index is 13.0. The van der Waals surface area contributed by atoms with Crippen LogP contribution in [-0.4, -0.2) is 51.1 Å². The molecule has 0 aliphatic carbocycles. The Kier molecular flexibility index (Phi) is 9.20. The highest BCUT2D eigenvalue weighted by molar-refractivity contribution is 7.91. The van der Waals surface area contributed by atoms with Gasteiger partial charge in [-0.2, -0.15) is 0 Å². The van der Waals surface area contributed by atoms with Crippen molar-refractivity contribution >= 4 is 50.5 Å². The summed E-state index contributed by atoms with van der Waals surface area (Å²) in [6.45, 7) is 4.52. The van der Waals surface area contributed by atoms with Crippen molar-refractivity contribution in [3.8, 4) is 0 Å². The average Bonchev–Trinajstić information content (AvgIpc) is 3.09. The molecular formula is C21H26ClFN2O5S2. The van der Waals surface area contributed by atoms with Crippen LogP contribution >= 0.6 is 23.7 Å². The summed E-state index contributed by atoms with van der Waals surface area (Å²) in [5.41, 5.74) is 1.31. The molecule has 176 valence electrons. The lowest BCUT2D eigenvalue weighted by atomic mass is 10.0. The fourth-order valence-corrected chi connectivity index (χ4v) is 6.11. The largest absolute Gasteiger partial charge is 0.465 e. The zero-order valence-corrected chi connectivity index (χ0v) is 20.3. The van der Waals surface area contributed by atoms with E-state index in [1.54, 1.807) is 0 Å². The molecule has 1 aliphatic heterocycles. The quantitative estimate of drug-likeness (QED) is 0.435. The van der Waals surface area contributed by atoms with E-state index in [1.807, 2.05) is 0 Å². The van der Waals surface area contributed by atoms with Crippen LogP contribution in [0.4, 0.5) is 9.39 Å². The van der Waals surface area contributed by atoms with Gasteiger partial charge in [-0.15, -0.1) is 23.7 Å². The lowest BCUT2D eigenvalue weighted by molar-refractivity contribution is -0.116. The summed E-state index contributed by atoms with van der Waals surface area (Å²) in [7, 11) is -2.30. The van der Waals surface area contributed by atoms with Crippen LogP contribution < -0.4 is 5.32 Å². The van der Waals surface area contributed by atoms with Gasteiger partial charge < -0.3 is 10.1 Å². The number of methoxy groups -OCH3 is 1. The van der Waals surface area contributed by atoms with Gasteiger partial charge in [-0.25, -0.2) is 17.6 Å². The van der Waals surface area contributed by atoms with E-state index in [4.69, 9.17) is 4.74 Å². The molecule has 2 heterocycles. The molecule has 0 unspecified atom stereocenters. The van der Waals surface area contributed by atoms with Crippen molar-refractivity contribution < 1.29 is 27.1 Å². The molecule has 1 aromatic heterocycles. The van der Waals surface area contributed by atoms with Gasteiger partial charge >= 0.3 is 5.97 Å². The lowest BCUT2D eigenvalue weighted by Crippen LogP contribution is -2.29. The number of halogens is 2. The molecule has 7 nitrogen and oxygen atoms in total. The molecule has 32 heavy (non-hydrogen) atoms. The standard InChI is InChI=1S/C21H25FN2O5S2.ClH/c1-3-24-11-10-16-17(13-24)30-20(19(16)21(26)29-2)23-18(25)5-4-12-31(27,28)15-8-6-14(22)7-9-15;/h6-9H,3-5,10-13H2,1-2H3,(H,23,25);1H. The average molecular weight is 505 g/mol. The minimum atomic E-state index is -3.61. The summed E-state index contributed by atoms with van der Waals surface area (Å²) in [5.74, 6) is -1.61. The molecule has 0 spiro atoms. The SMILES string of the molecule is CCN1CCc2c(sc(NC(=O)CCCS(=O)(=O)c3ccc(F)cc3)c2C(=O)OC)C1.Cl. The maximum Gasteiger partial charge on any atom is 0.341 e. The lowest BCUT2D eigenvalue weighted by Gasteiger charge is -2.25. The number of nitrogens with zero attached hydrogens (tertiary/aromatic N) is 1. The van der Waals surface area contributed by atoms with E-state index < -0.39 is 21.6 Å². The van der Waals surface area contributed by atoms with Crippen LogP contribution in [0.2, 0.25) is 0 Å². The number of esters is 1. The second-order valence-electron chi connectivity index (χ2n) is 7.24. The zero-order valence-electron chi connectivity index (χ0n) is 17.9. The van der Waals surface area contributed by atoms with Gasteiger partial charge in [0, 0.05) is 24.4 Å². The molecule has 1 aromatic carbocycles. The van der Waals surface area contributed by atoms with Crippen LogP contribution in [0.3, 0.4) is 0 Å². The van der Waals surface area contributed by atoms with Gasteiger partial charge in [0.2, 0.25) is 5.91 Å². The third-order valence-electron chi connectivity index (χ3n) is 5.22. The molecule has 0 radical (unpaired) electrons. The van der Waals surface area contributed by atoms with Crippen LogP contribution in [0.25, 0.3) is 0 Å². The highest BCUT2D eigenvalue weighted by Crippen LogP contribution is 2.37.